The average molecular weight is 336 g/mol. The first-order valence-corrected chi connectivity index (χ1v) is 9.21. The molecule has 1 fully saturated rings. The molecule has 1 saturated heterocycles. The molecule has 128 valence electrons. The van der Waals surface area contributed by atoms with Crippen LogP contribution in [0.3, 0.4) is 0 Å². The Morgan fingerprint density at radius 2 is 1.95 bits per heavy atom. The van der Waals surface area contributed by atoms with Crippen LogP contribution < -0.4 is 0 Å². The van der Waals surface area contributed by atoms with Crippen molar-refractivity contribution in [2.24, 2.45) is 0 Å². The van der Waals surface area contributed by atoms with E-state index in [0.717, 1.165) is 0 Å². The van der Waals surface area contributed by atoms with Crippen LogP contribution in [0.25, 0.3) is 0 Å². The molecule has 7 nitrogen and oxygen atoms in total. The zero-order chi connectivity index (χ0) is 17.1. The third kappa shape index (κ3) is 4.54. The maximum Gasteiger partial charge on any atom is 0.356 e. The second kappa shape index (κ2) is 7.75. The molecule has 0 saturated carbocycles. The fraction of sp³-hybridized carbons (Fsp3) is 1.00. The molecule has 2 radical (unpaired) electrons. The molecular weight excluding hydrogens is 310 g/mol. The topological polar surface area (TPSA) is 116 Å². The maximum absolute atomic E-state index is 12.1. The van der Waals surface area contributed by atoms with Crippen molar-refractivity contribution in [1.29, 1.82) is 0 Å². The van der Waals surface area contributed by atoms with Gasteiger partial charge < -0.3 is 29.5 Å². The van der Waals surface area contributed by atoms with Crippen molar-refractivity contribution >= 4 is 15.4 Å². The quantitative estimate of drug-likeness (QED) is 0.376. The molecule has 22 heavy (non-hydrogen) atoms. The average Bonchev–Trinajstić information content (AvgIpc) is 2.65. The summed E-state index contributed by atoms with van der Waals surface area (Å²) < 4.78 is 22.8. The van der Waals surface area contributed by atoms with Crippen LogP contribution in [0.1, 0.15) is 46.5 Å². The van der Waals surface area contributed by atoms with Crippen molar-refractivity contribution in [3.05, 3.63) is 0 Å². The van der Waals surface area contributed by atoms with Gasteiger partial charge in [0, 0.05) is 12.4 Å². The van der Waals surface area contributed by atoms with Crippen LogP contribution in [-0.4, -0.2) is 63.8 Å². The third-order valence-electron chi connectivity index (χ3n) is 4.12. The summed E-state index contributed by atoms with van der Waals surface area (Å²) in [5, 5.41) is 29.1. The zero-order valence-electron chi connectivity index (χ0n) is 13.3. The maximum atomic E-state index is 12.1. The number of hydrogen-bond acceptors (Lipinski definition) is 6. The molecule has 1 aliphatic heterocycles. The number of aliphatic hydroxyl groups excluding tert-OH is 3. The van der Waals surface area contributed by atoms with E-state index >= 15 is 0 Å². The highest BCUT2D eigenvalue weighted by atomic mass is 31.2. The molecule has 0 aromatic carbocycles. The normalized spacial score (nSPS) is 35.8. The summed E-state index contributed by atoms with van der Waals surface area (Å²) in [4.78, 5) is 9.83. The van der Waals surface area contributed by atoms with Gasteiger partial charge >= 0.3 is 7.60 Å². The highest BCUT2D eigenvalue weighted by Gasteiger charge is 2.47. The highest BCUT2D eigenvalue weighted by Crippen LogP contribution is 2.53. The number of hydrogen-bond donors (Lipinski definition) is 4. The van der Waals surface area contributed by atoms with Crippen LogP contribution in [0.15, 0.2) is 0 Å². The predicted octanol–water partition coefficient (Wildman–Crippen LogP) is 0.481. The summed E-state index contributed by atoms with van der Waals surface area (Å²) in [5.41, 5.74) is -1.05. The molecule has 1 heterocycles. The van der Waals surface area contributed by atoms with E-state index in [1.54, 1.807) is 6.92 Å². The Morgan fingerprint density at radius 1 is 1.36 bits per heavy atom. The minimum atomic E-state index is -4.21. The van der Waals surface area contributed by atoms with Gasteiger partial charge in [0.15, 0.2) is 5.85 Å². The largest absolute Gasteiger partial charge is 0.388 e. The van der Waals surface area contributed by atoms with E-state index in [1.165, 1.54) is 6.92 Å². The van der Waals surface area contributed by atoms with Gasteiger partial charge in [-0.05, 0) is 19.8 Å². The lowest BCUT2D eigenvalue weighted by molar-refractivity contribution is -0.0513. The highest BCUT2D eigenvalue weighted by molar-refractivity contribution is 7.53. The number of rotatable bonds is 8. The molecule has 4 N–H and O–H groups in total. The molecule has 0 aromatic rings. The Morgan fingerprint density at radius 3 is 2.32 bits per heavy atom. The molecule has 0 amide bonds. The van der Waals surface area contributed by atoms with Gasteiger partial charge in [-0.2, -0.15) is 0 Å². The van der Waals surface area contributed by atoms with E-state index < -0.39 is 43.4 Å². The summed E-state index contributed by atoms with van der Waals surface area (Å²) in [6.45, 7) is 4.87. The molecule has 0 aromatic heterocycles. The Kier molecular flexibility index (Phi) is 7.08. The van der Waals surface area contributed by atoms with E-state index in [2.05, 4.69) is 0 Å². The first-order valence-electron chi connectivity index (χ1n) is 7.57. The lowest BCUT2D eigenvalue weighted by Gasteiger charge is -2.37. The van der Waals surface area contributed by atoms with Gasteiger partial charge in [0.25, 0.3) is 0 Å². The second-order valence-corrected chi connectivity index (χ2v) is 7.96. The summed E-state index contributed by atoms with van der Waals surface area (Å²) in [6, 6.07) is -1.01. The van der Waals surface area contributed by atoms with Crippen LogP contribution in [0, 0.1) is 0 Å². The Labute approximate surface area is 132 Å². The fourth-order valence-electron chi connectivity index (χ4n) is 2.69. The molecular formula is C13H26BO7P. The number of ether oxygens (including phenoxy) is 1. The fourth-order valence-corrected chi connectivity index (χ4v) is 3.69. The van der Waals surface area contributed by atoms with Crippen LogP contribution in [0.2, 0.25) is 0 Å². The van der Waals surface area contributed by atoms with Gasteiger partial charge in [-0.1, -0.05) is 20.3 Å². The van der Waals surface area contributed by atoms with Gasteiger partial charge in [0.1, 0.15) is 14.0 Å². The number of aliphatic hydroxyl groups is 3. The van der Waals surface area contributed by atoms with Crippen LogP contribution in [0.5, 0.6) is 0 Å². The summed E-state index contributed by atoms with van der Waals surface area (Å²) >= 11 is 0. The Balaban J connectivity index is 2.95. The molecule has 0 spiro atoms. The first kappa shape index (κ1) is 20.1. The molecule has 7 atom stereocenters. The van der Waals surface area contributed by atoms with Crippen molar-refractivity contribution < 1.29 is 34.0 Å². The van der Waals surface area contributed by atoms with E-state index in [9.17, 15) is 24.8 Å². The van der Waals surface area contributed by atoms with E-state index in [0.29, 0.717) is 19.3 Å². The summed E-state index contributed by atoms with van der Waals surface area (Å²) in [5.74, 6) is -1.52. The molecule has 1 aliphatic rings. The van der Waals surface area contributed by atoms with Crippen LogP contribution in [-0.2, 0) is 13.8 Å². The van der Waals surface area contributed by atoms with E-state index in [1.807, 2.05) is 6.92 Å². The predicted molar refractivity (Wildman–Crippen MR) is 81.6 cm³/mol. The lowest BCUT2D eigenvalue weighted by atomic mass is 9.86. The summed E-state index contributed by atoms with van der Waals surface area (Å²) in [7, 11) is 1.34. The molecule has 1 rings (SSSR count). The summed E-state index contributed by atoms with van der Waals surface area (Å²) in [6.07, 6.45) is -1.60. The van der Waals surface area contributed by atoms with Crippen molar-refractivity contribution in [1.82, 2.24) is 0 Å². The van der Waals surface area contributed by atoms with Gasteiger partial charge in [-0.25, -0.2) is 0 Å². The van der Waals surface area contributed by atoms with Gasteiger partial charge in [0.05, 0.1) is 17.8 Å². The Hall–Kier alpha value is 0.0549. The van der Waals surface area contributed by atoms with Gasteiger partial charge in [0.2, 0.25) is 0 Å². The van der Waals surface area contributed by atoms with E-state index in [-0.39, 0.29) is 6.42 Å². The monoisotopic (exact) mass is 336 g/mol. The van der Waals surface area contributed by atoms with Crippen molar-refractivity contribution in [3.8, 4) is 0 Å². The molecule has 0 bridgehead atoms. The minimum absolute atomic E-state index is 0.0978. The molecule has 4 unspecified atom stereocenters. The lowest BCUT2D eigenvalue weighted by Crippen LogP contribution is -2.40. The second-order valence-electron chi connectivity index (χ2n) is 5.90. The first-order chi connectivity index (χ1) is 10.1. The van der Waals surface area contributed by atoms with Crippen LogP contribution >= 0.6 is 7.60 Å². The van der Waals surface area contributed by atoms with Gasteiger partial charge in [-0.3, -0.25) is 4.57 Å². The van der Waals surface area contributed by atoms with Crippen LogP contribution in [0.4, 0.5) is 0 Å². The third-order valence-corrected chi connectivity index (χ3v) is 5.71. The minimum Gasteiger partial charge on any atom is -0.388 e. The molecule has 0 aliphatic carbocycles. The standard InChI is InChI=1S/C13H26BO7P/c1-4-6-13(5-2,21-22(18,19)8(3)15)7-9-10(16)11(17)12(14)20-9/h8-12,15-17H,4-7H2,1-3H3,(H,18,19)/t8?,9-,10?,11+,12-,13?/m1/s1. The smallest absolute Gasteiger partial charge is 0.356 e. The zero-order valence-corrected chi connectivity index (χ0v) is 14.1. The van der Waals surface area contributed by atoms with Gasteiger partial charge in [-0.15, -0.1) is 0 Å². The van der Waals surface area contributed by atoms with Crippen molar-refractivity contribution in [2.45, 2.75) is 82.2 Å². The Bertz CT molecular complexity index is 408. The van der Waals surface area contributed by atoms with Crippen molar-refractivity contribution in [2.75, 3.05) is 0 Å². The molecule has 9 heteroatoms. The van der Waals surface area contributed by atoms with E-state index in [4.69, 9.17) is 17.1 Å². The van der Waals surface area contributed by atoms with Crippen molar-refractivity contribution in [3.63, 3.8) is 0 Å². The SMILES string of the molecule is [B][C@@H]1O[C@H](CC(CC)(CCC)OP(=O)(O)C(C)O)C(O)[C@@H]1O.